The molecule has 0 saturated heterocycles. The third-order valence-electron chi connectivity index (χ3n) is 2.94. The Balaban J connectivity index is 2.39. The number of hydrogen-bond donors (Lipinski definition) is 0. The van der Waals surface area contributed by atoms with Crippen molar-refractivity contribution in [2.45, 2.75) is 6.92 Å². The molecule has 0 fully saturated rings. The lowest BCUT2D eigenvalue weighted by atomic mass is 10.1. The number of halogens is 2. The molecule has 0 radical (unpaired) electrons. The first-order valence-corrected chi connectivity index (χ1v) is 6.58. The Morgan fingerprint density at radius 2 is 1.89 bits per heavy atom. The number of hydrogen-bond acceptors (Lipinski definition) is 1. The number of aryl methyl sites for hydroxylation is 1. The Morgan fingerprint density at radius 3 is 2.58 bits per heavy atom. The highest BCUT2D eigenvalue weighted by Gasteiger charge is 2.18. The number of carbonyl (C=O) groups excluding carboxylic acids is 1. The molecule has 0 heterocycles. The van der Waals surface area contributed by atoms with Crippen LogP contribution in [-0.2, 0) is 0 Å². The van der Waals surface area contributed by atoms with E-state index in [-0.39, 0.29) is 11.5 Å². The highest BCUT2D eigenvalue weighted by Crippen LogP contribution is 2.22. The van der Waals surface area contributed by atoms with Gasteiger partial charge in [0.25, 0.3) is 5.91 Å². The molecule has 0 atom stereocenters. The smallest absolute Gasteiger partial charge is 0.261 e. The van der Waals surface area contributed by atoms with Gasteiger partial charge in [-0.05, 0) is 36.8 Å². The highest BCUT2D eigenvalue weighted by atomic mass is 79.9. The van der Waals surface area contributed by atoms with Gasteiger partial charge < -0.3 is 4.90 Å². The van der Waals surface area contributed by atoms with Crippen LogP contribution in [0.3, 0.4) is 0 Å². The van der Waals surface area contributed by atoms with E-state index in [1.165, 1.54) is 17.0 Å². The topological polar surface area (TPSA) is 20.3 Å². The van der Waals surface area contributed by atoms with Crippen LogP contribution in [-0.4, -0.2) is 13.0 Å². The van der Waals surface area contributed by atoms with E-state index in [1.54, 1.807) is 13.1 Å². The maximum Gasteiger partial charge on any atom is 0.261 e. The van der Waals surface area contributed by atoms with E-state index in [0.29, 0.717) is 4.47 Å². The second-order valence-electron chi connectivity index (χ2n) is 4.27. The summed E-state index contributed by atoms with van der Waals surface area (Å²) in [7, 11) is 1.64. The Morgan fingerprint density at radius 1 is 1.21 bits per heavy atom. The van der Waals surface area contributed by atoms with Crippen molar-refractivity contribution in [2.75, 3.05) is 11.9 Å². The summed E-state index contributed by atoms with van der Waals surface area (Å²) >= 11 is 3.25. The second-order valence-corrected chi connectivity index (χ2v) is 5.19. The maximum absolute atomic E-state index is 13.7. The molecule has 0 aliphatic heterocycles. The van der Waals surface area contributed by atoms with Crippen molar-refractivity contribution < 1.29 is 9.18 Å². The fraction of sp³-hybridized carbons (Fsp3) is 0.133. The zero-order chi connectivity index (χ0) is 14.0. The van der Waals surface area contributed by atoms with Gasteiger partial charge in [-0.3, -0.25) is 4.79 Å². The predicted octanol–water partition coefficient (Wildman–Crippen LogP) is 4.17. The van der Waals surface area contributed by atoms with Gasteiger partial charge in [-0.1, -0.05) is 34.1 Å². The van der Waals surface area contributed by atoms with Gasteiger partial charge in [-0.15, -0.1) is 0 Å². The van der Waals surface area contributed by atoms with Gasteiger partial charge >= 0.3 is 0 Å². The summed E-state index contributed by atoms with van der Waals surface area (Å²) < 4.78 is 14.4. The molecule has 4 heteroatoms. The average molecular weight is 322 g/mol. The zero-order valence-electron chi connectivity index (χ0n) is 10.7. The van der Waals surface area contributed by atoms with E-state index >= 15 is 0 Å². The van der Waals surface area contributed by atoms with E-state index in [0.717, 1.165) is 11.3 Å². The molecule has 0 saturated carbocycles. The summed E-state index contributed by atoms with van der Waals surface area (Å²) in [6.07, 6.45) is 0. The molecule has 2 aromatic rings. The number of anilines is 1. The normalized spacial score (nSPS) is 10.3. The second kappa shape index (κ2) is 5.53. The molecule has 0 spiro atoms. The van der Waals surface area contributed by atoms with E-state index in [1.807, 2.05) is 31.2 Å². The summed E-state index contributed by atoms with van der Waals surface area (Å²) in [5.41, 5.74) is 1.79. The Kier molecular flexibility index (Phi) is 4.00. The Bertz CT molecular complexity index is 627. The fourth-order valence-corrected chi connectivity index (χ4v) is 2.25. The van der Waals surface area contributed by atoms with Crippen molar-refractivity contribution >= 4 is 27.5 Å². The van der Waals surface area contributed by atoms with Gasteiger partial charge in [-0.25, -0.2) is 4.39 Å². The summed E-state index contributed by atoms with van der Waals surface area (Å²) in [6.45, 7) is 1.91. The molecule has 2 nitrogen and oxygen atoms in total. The highest BCUT2D eigenvalue weighted by molar-refractivity contribution is 9.10. The molecule has 98 valence electrons. The van der Waals surface area contributed by atoms with Crippen LogP contribution in [0.4, 0.5) is 10.1 Å². The lowest BCUT2D eigenvalue weighted by Gasteiger charge is -2.19. The predicted molar refractivity (Wildman–Crippen MR) is 78.0 cm³/mol. The Hall–Kier alpha value is -1.68. The van der Waals surface area contributed by atoms with E-state index in [4.69, 9.17) is 0 Å². The van der Waals surface area contributed by atoms with Crippen LogP contribution in [0.15, 0.2) is 46.9 Å². The largest absolute Gasteiger partial charge is 0.311 e. The van der Waals surface area contributed by atoms with E-state index in [2.05, 4.69) is 15.9 Å². The van der Waals surface area contributed by atoms with Crippen molar-refractivity contribution in [1.82, 2.24) is 0 Å². The molecule has 19 heavy (non-hydrogen) atoms. The molecule has 0 aliphatic rings. The number of benzene rings is 2. The number of rotatable bonds is 2. The number of para-hydroxylation sites is 1. The first-order valence-electron chi connectivity index (χ1n) is 5.79. The van der Waals surface area contributed by atoms with Crippen molar-refractivity contribution in [3.05, 3.63) is 63.9 Å². The van der Waals surface area contributed by atoms with Crippen molar-refractivity contribution in [3.63, 3.8) is 0 Å². The summed E-state index contributed by atoms with van der Waals surface area (Å²) in [4.78, 5) is 13.8. The molecule has 0 aromatic heterocycles. The molecule has 0 bridgehead atoms. The van der Waals surface area contributed by atoms with Crippen LogP contribution in [0.2, 0.25) is 0 Å². The maximum atomic E-state index is 13.7. The van der Waals surface area contributed by atoms with Crippen molar-refractivity contribution in [3.8, 4) is 0 Å². The molecule has 2 aromatic carbocycles. The quantitative estimate of drug-likeness (QED) is 0.812. The average Bonchev–Trinajstić information content (AvgIpc) is 2.40. The van der Waals surface area contributed by atoms with Crippen LogP contribution < -0.4 is 4.90 Å². The third kappa shape index (κ3) is 2.84. The van der Waals surface area contributed by atoms with Crippen LogP contribution in [0.25, 0.3) is 0 Å². The third-order valence-corrected chi connectivity index (χ3v) is 3.43. The molecule has 2 rings (SSSR count). The van der Waals surface area contributed by atoms with Gasteiger partial charge in [0.1, 0.15) is 5.82 Å². The lowest BCUT2D eigenvalue weighted by molar-refractivity contribution is 0.0989. The van der Waals surface area contributed by atoms with E-state index < -0.39 is 5.82 Å². The minimum atomic E-state index is -0.520. The summed E-state index contributed by atoms with van der Waals surface area (Å²) in [5, 5.41) is 0. The number of amides is 1. The summed E-state index contributed by atoms with van der Waals surface area (Å²) in [5.74, 6) is -0.887. The van der Waals surface area contributed by atoms with Gasteiger partial charge in [0, 0.05) is 17.2 Å². The lowest BCUT2D eigenvalue weighted by Crippen LogP contribution is -2.27. The standard InChI is InChI=1S/C15H13BrFNO/c1-10-5-3-4-6-14(10)18(2)15(19)12-9-11(16)7-8-13(12)17/h3-9H,1-2H3. The van der Waals surface area contributed by atoms with Gasteiger partial charge in [0.05, 0.1) is 5.56 Å². The van der Waals surface area contributed by atoms with Crippen LogP contribution in [0.1, 0.15) is 15.9 Å². The molecule has 0 unspecified atom stereocenters. The number of carbonyl (C=O) groups is 1. The van der Waals surface area contributed by atoms with Crippen molar-refractivity contribution in [2.24, 2.45) is 0 Å². The monoisotopic (exact) mass is 321 g/mol. The fourth-order valence-electron chi connectivity index (χ4n) is 1.89. The molecule has 0 N–H and O–H groups in total. The molecule has 0 aliphatic carbocycles. The van der Waals surface area contributed by atoms with Gasteiger partial charge in [-0.2, -0.15) is 0 Å². The molecular formula is C15H13BrFNO. The van der Waals surface area contributed by atoms with Crippen molar-refractivity contribution in [1.29, 1.82) is 0 Å². The van der Waals surface area contributed by atoms with Crippen LogP contribution in [0, 0.1) is 12.7 Å². The van der Waals surface area contributed by atoms with E-state index in [9.17, 15) is 9.18 Å². The Labute approximate surface area is 120 Å². The minimum Gasteiger partial charge on any atom is -0.311 e. The number of nitrogens with zero attached hydrogens (tertiary/aromatic N) is 1. The first kappa shape index (κ1) is 13.7. The van der Waals surface area contributed by atoms with Gasteiger partial charge in [0.2, 0.25) is 0 Å². The molecule has 1 amide bonds. The SMILES string of the molecule is Cc1ccccc1N(C)C(=O)c1cc(Br)ccc1F. The van der Waals surface area contributed by atoms with Crippen LogP contribution in [0.5, 0.6) is 0 Å². The first-order chi connectivity index (χ1) is 9.00. The van der Waals surface area contributed by atoms with Crippen LogP contribution >= 0.6 is 15.9 Å². The molecular weight excluding hydrogens is 309 g/mol. The van der Waals surface area contributed by atoms with Gasteiger partial charge in [0.15, 0.2) is 0 Å². The summed E-state index contributed by atoms with van der Waals surface area (Å²) in [6, 6.07) is 11.8. The zero-order valence-corrected chi connectivity index (χ0v) is 12.2. The minimum absolute atomic E-state index is 0.0557.